The molecule has 1 aromatic heterocycles. The quantitative estimate of drug-likeness (QED) is 0.801. The maximum atomic E-state index is 14.7. The Kier molecular flexibility index (Phi) is 5.58. The number of aryl methyl sites for hydroxylation is 1. The summed E-state index contributed by atoms with van der Waals surface area (Å²) in [5, 5.41) is 15.7. The van der Waals surface area contributed by atoms with Crippen molar-refractivity contribution >= 4 is 11.9 Å². The van der Waals surface area contributed by atoms with Gasteiger partial charge in [-0.05, 0) is 60.7 Å². The van der Waals surface area contributed by atoms with Crippen molar-refractivity contribution in [1.82, 2.24) is 30.8 Å². The van der Waals surface area contributed by atoms with Gasteiger partial charge in [-0.2, -0.15) is 4.68 Å². The van der Waals surface area contributed by atoms with E-state index < -0.39 is 23.7 Å². The first-order valence-corrected chi connectivity index (χ1v) is 8.76. The second kappa shape index (κ2) is 8.07. The topological polar surface area (TPSA) is 102 Å². The summed E-state index contributed by atoms with van der Waals surface area (Å²) in [4.78, 5) is 24.1. The van der Waals surface area contributed by atoms with Crippen molar-refractivity contribution in [3.8, 4) is 5.69 Å². The highest BCUT2D eigenvalue weighted by Crippen LogP contribution is 2.29. The van der Waals surface area contributed by atoms with Crippen LogP contribution in [0.4, 0.5) is 9.18 Å². The number of imide groups is 1. The fourth-order valence-electron chi connectivity index (χ4n) is 3.15. The molecule has 1 unspecified atom stereocenters. The molecule has 0 aliphatic heterocycles. The van der Waals surface area contributed by atoms with Crippen LogP contribution in [0, 0.1) is 12.7 Å². The Morgan fingerprint density at radius 3 is 2.63 bits per heavy atom. The van der Waals surface area contributed by atoms with Gasteiger partial charge in [-0.1, -0.05) is 17.7 Å². The predicted octanol–water partition coefficient (Wildman–Crippen LogP) is 2.15. The normalized spacial score (nSPS) is 14.7. The van der Waals surface area contributed by atoms with Crippen LogP contribution in [-0.4, -0.2) is 39.2 Å². The van der Waals surface area contributed by atoms with Crippen molar-refractivity contribution in [2.24, 2.45) is 0 Å². The largest absolute Gasteiger partial charge is 0.341 e. The molecule has 1 aromatic carbocycles. The number of urea groups is 1. The van der Waals surface area contributed by atoms with Gasteiger partial charge in [0.15, 0.2) is 5.82 Å². The van der Waals surface area contributed by atoms with Crippen LogP contribution in [0.5, 0.6) is 0 Å². The number of amides is 3. The first kappa shape index (κ1) is 18.7. The summed E-state index contributed by atoms with van der Waals surface area (Å²) in [6.45, 7) is 1.66. The Morgan fingerprint density at radius 2 is 2.04 bits per heavy atom. The third-order valence-electron chi connectivity index (χ3n) is 4.58. The molecule has 3 amide bonds. The number of nitrogens with one attached hydrogen (secondary N) is 2. The number of rotatable bonds is 4. The average molecular weight is 372 g/mol. The number of tetrazole rings is 1. The van der Waals surface area contributed by atoms with Crippen molar-refractivity contribution in [3.63, 3.8) is 0 Å². The van der Waals surface area contributed by atoms with Crippen molar-refractivity contribution < 1.29 is 14.0 Å². The highest BCUT2D eigenvalue weighted by molar-refractivity contribution is 5.98. The van der Waals surface area contributed by atoms with E-state index in [4.69, 9.17) is 0 Å². The van der Waals surface area contributed by atoms with Crippen LogP contribution >= 0.6 is 0 Å². The first-order chi connectivity index (χ1) is 13.0. The Morgan fingerprint density at radius 1 is 1.30 bits per heavy atom. The van der Waals surface area contributed by atoms with E-state index in [0.717, 1.165) is 31.3 Å². The molecular formula is C18H21FN6O2. The molecule has 2 N–H and O–H groups in total. The average Bonchev–Trinajstić information content (AvgIpc) is 3.31. The van der Waals surface area contributed by atoms with Gasteiger partial charge >= 0.3 is 6.03 Å². The summed E-state index contributed by atoms with van der Waals surface area (Å²) in [6, 6.07) is 3.87. The number of aromatic nitrogens is 4. The number of nitrogens with zero attached hydrogens (tertiary/aromatic N) is 4. The van der Waals surface area contributed by atoms with Gasteiger partial charge in [-0.25, -0.2) is 9.18 Å². The van der Waals surface area contributed by atoms with E-state index in [1.54, 1.807) is 13.0 Å². The first-order valence-electron chi connectivity index (χ1n) is 8.76. The zero-order chi connectivity index (χ0) is 19.4. The summed E-state index contributed by atoms with van der Waals surface area (Å²) in [5.74, 6) is -1.36. The number of allylic oxidation sites excluding steroid dienone is 1. The van der Waals surface area contributed by atoms with Crippen LogP contribution in [0.2, 0.25) is 0 Å². The highest BCUT2D eigenvalue weighted by atomic mass is 19.1. The number of carbonyl (C=O) groups is 2. The molecule has 1 heterocycles. The number of hydrogen-bond donors (Lipinski definition) is 2. The van der Waals surface area contributed by atoms with E-state index in [0.29, 0.717) is 11.4 Å². The van der Waals surface area contributed by atoms with Crippen LogP contribution in [0.1, 0.15) is 43.0 Å². The van der Waals surface area contributed by atoms with Crippen LogP contribution in [0.15, 0.2) is 29.8 Å². The number of halogens is 1. The molecule has 1 atom stereocenters. The summed E-state index contributed by atoms with van der Waals surface area (Å²) >= 11 is 0. The van der Waals surface area contributed by atoms with E-state index in [1.165, 1.54) is 23.9 Å². The molecule has 0 radical (unpaired) electrons. The molecule has 1 aliphatic rings. The lowest BCUT2D eigenvalue weighted by Gasteiger charge is -2.15. The Balaban J connectivity index is 1.95. The SMILES string of the molecule is CNC(=O)NC(=O)C(C=C1CCCC1)c1ccc(-n2nnnc2C)c(F)c1. The second-order valence-corrected chi connectivity index (χ2v) is 6.43. The Hall–Kier alpha value is -3.10. The number of carbonyl (C=O) groups excluding carboxylic acids is 2. The molecule has 0 spiro atoms. The maximum Gasteiger partial charge on any atom is 0.321 e. The molecule has 1 aliphatic carbocycles. The van der Waals surface area contributed by atoms with Gasteiger partial charge in [0.05, 0.1) is 5.92 Å². The van der Waals surface area contributed by atoms with Gasteiger partial charge in [0, 0.05) is 7.05 Å². The molecule has 0 bridgehead atoms. The van der Waals surface area contributed by atoms with Crippen molar-refractivity contribution in [1.29, 1.82) is 0 Å². The minimum Gasteiger partial charge on any atom is -0.341 e. The van der Waals surface area contributed by atoms with Crippen LogP contribution in [0.3, 0.4) is 0 Å². The third kappa shape index (κ3) is 4.18. The molecule has 27 heavy (non-hydrogen) atoms. The van der Waals surface area contributed by atoms with Gasteiger partial charge in [0.2, 0.25) is 5.91 Å². The molecule has 8 nitrogen and oxygen atoms in total. The van der Waals surface area contributed by atoms with Crippen molar-refractivity contribution in [2.45, 2.75) is 38.5 Å². The summed E-state index contributed by atoms with van der Waals surface area (Å²) in [6.07, 6.45) is 5.80. The van der Waals surface area contributed by atoms with Crippen LogP contribution in [-0.2, 0) is 4.79 Å². The third-order valence-corrected chi connectivity index (χ3v) is 4.58. The molecule has 1 saturated carbocycles. The minimum atomic E-state index is -0.756. The van der Waals surface area contributed by atoms with Crippen LogP contribution < -0.4 is 10.6 Å². The zero-order valence-corrected chi connectivity index (χ0v) is 15.2. The lowest BCUT2D eigenvalue weighted by Crippen LogP contribution is -2.39. The van der Waals surface area contributed by atoms with Gasteiger partial charge in [-0.3, -0.25) is 10.1 Å². The van der Waals surface area contributed by atoms with Crippen molar-refractivity contribution in [2.75, 3.05) is 7.05 Å². The van der Waals surface area contributed by atoms with E-state index in [-0.39, 0.29) is 5.69 Å². The molecule has 142 valence electrons. The molecule has 0 saturated heterocycles. The standard InChI is InChI=1S/C18H21FN6O2/c1-11-22-23-24-25(11)16-8-7-13(10-15(16)19)14(9-12-5-3-4-6-12)17(26)21-18(27)20-2/h7-10,14H,3-6H2,1-2H3,(H2,20,21,26,27). The van der Waals surface area contributed by atoms with Crippen LogP contribution in [0.25, 0.3) is 5.69 Å². The predicted molar refractivity (Wildman–Crippen MR) is 95.7 cm³/mol. The maximum absolute atomic E-state index is 14.7. The molecule has 2 aromatic rings. The van der Waals surface area contributed by atoms with Gasteiger partial charge < -0.3 is 5.32 Å². The summed E-state index contributed by atoms with van der Waals surface area (Å²) in [5.41, 5.74) is 1.80. The minimum absolute atomic E-state index is 0.195. The Labute approximate surface area is 155 Å². The fraction of sp³-hybridized carbons (Fsp3) is 0.389. The Bertz CT molecular complexity index is 884. The fourth-order valence-corrected chi connectivity index (χ4v) is 3.15. The van der Waals surface area contributed by atoms with E-state index >= 15 is 0 Å². The molecular weight excluding hydrogens is 351 g/mol. The summed E-state index contributed by atoms with van der Waals surface area (Å²) < 4.78 is 16.0. The van der Waals surface area contributed by atoms with Gasteiger partial charge in [0.1, 0.15) is 11.5 Å². The van der Waals surface area contributed by atoms with Gasteiger partial charge in [0.25, 0.3) is 0 Å². The lowest BCUT2D eigenvalue weighted by atomic mass is 9.94. The molecule has 3 rings (SSSR count). The molecule has 9 heteroatoms. The number of hydrogen-bond acceptors (Lipinski definition) is 5. The van der Waals surface area contributed by atoms with E-state index in [9.17, 15) is 14.0 Å². The second-order valence-electron chi connectivity index (χ2n) is 6.43. The smallest absolute Gasteiger partial charge is 0.321 e. The highest BCUT2D eigenvalue weighted by Gasteiger charge is 2.23. The monoisotopic (exact) mass is 372 g/mol. The van der Waals surface area contributed by atoms with Gasteiger partial charge in [-0.15, -0.1) is 5.10 Å². The zero-order valence-electron chi connectivity index (χ0n) is 15.2. The van der Waals surface area contributed by atoms with E-state index in [1.807, 2.05) is 6.08 Å². The summed E-state index contributed by atoms with van der Waals surface area (Å²) in [7, 11) is 1.43. The molecule has 1 fully saturated rings. The van der Waals surface area contributed by atoms with Crippen molar-refractivity contribution in [3.05, 3.63) is 47.1 Å². The number of benzene rings is 1. The van der Waals surface area contributed by atoms with E-state index in [2.05, 4.69) is 26.2 Å². The lowest BCUT2D eigenvalue weighted by molar-refractivity contribution is -0.120.